The number of aliphatic imine (C=N–C) groups is 1. The van der Waals surface area contributed by atoms with E-state index in [1.807, 2.05) is 71.4 Å². The number of phenols is 1. The van der Waals surface area contributed by atoms with Gasteiger partial charge in [-0.05, 0) is 53.7 Å². The molecule has 0 atom stereocenters. The van der Waals surface area contributed by atoms with Crippen LogP contribution in [-0.2, 0) is 0 Å². The van der Waals surface area contributed by atoms with Crippen LogP contribution in [-0.4, -0.2) is 26.0 Å². The topological polar surface area (TPSA) is 79.5 Å². The van der Waals surface area contributed by atoms with Crippen molar-refractivity contribution in [1.82, 2.24) is 9.78 Å². The van der Waals surface area contributed by atoms with Crippen LogP contribution in [0.1, 0.15) is 5.56 Å². The second-order valence-electron chi connectivity index (χ2n) is 8.66. The molecule has 0 saturated heterocycles. The number of hydrogen-bond donors (Lipinski definition) is 2. The summed E-state index contributed by atoms with van der Waals surface area (Å²) in [5.74, 6) is 0.596. The first-order valence-electron chi connectivity index (χ1n) is 12.0. The number of aromatic hydroxyl groups is 1. The Kier molecular flexibility index (Phi) is 6.34. The molecule has 6 rings (SSSR count). The molecule has 184 valence electrons. The highest BCUT2D eigenvalue weighted by atomic mass is 32.2. The molecule has 4 aromatic carbocycles. The van der Waals surface area contributed by atoms with Crippen LogP contribution in [0, 0.1) is 0 Å². The lowest BCUT2D eigenvalue weighted by Crippen LogP contribution is -2.10. The van der Waals surface area contributed by atoms with E-state index in [1.165, 1.54) is 0 Å². The van der Waals surface area contributed by atoms with Crippen molar-refractivity contribution in [2.24, 2.45) is 4.99 Å². The van der Waals surface area contributed by atoms with Gasteiger partial charge in [0.2, 0.25) is 0 Å². The smallest absolute Gasteiger partial charge is 0.311 e. The van der Waals surface area contributed by atoms with Gasteiger partial charge in [-0.2, -0.15) is 10.1 Å². The average molecular weight is 515 g/mol. The van der Waals surface area contributed by atoms with Gasteiger partial charge in [0.05, 0.1) is 22.0 Å². The van der Waals surface area contributed by atoms with E-state index >= 15 is 0 Å². The van der Waals surface area contributed by atoms with Gasteiger partial charge >= 0.3 is 5.24 Å². The maximum absolute atomic E-state index is 12.1. The van der Waals surface area contributed by atoms with Crippen LogP contribution in [0.5, 0.6) is 5.75 Å². The number of aromatic nitrogens is 2. The Labute approximate surface area is 224 Å². The first-order chi connectivity index (χ1) is 18.6. The van der Waals surface area contributed by atoms with E-state index in [9.17, 15) is 9.90 Å². The van der Waals surface area contributed by atoms with Crippen LogP contribution in [0.2, 0.25) is 0 Å². The molecule has 2 heterocycles. The molecular weight excluding hydrogens is 492 g/mol. The lowest BCUT2D eigenvalue weighted by Gasteiger charge is -2.09. The largest absolute Gasteiger partial charge is 0.508 e. The van der Waals surface area contributed by atoms with Crippen molar-refractivity contribution in [1.29, 1.82) is 0 Å². The maximum atomic E-state index is 12.1. The monoisotopic (exact) mass is 514 g/mol. The molecule has 7 heteroatoms. The highest BCUT2D eigenvalue weighted by molar-refractivity contribution is 8.18. The van der Waals surface area contributed by atoms with Crippen molar-refractivity contribution in [3.05, 3.63) is 126 Å². The number of carbonyl (C=O) groups excluding carboxylic acids is 1. The molecule has 38 heavy (non-hydrogen) atoms. The number of amidine groups is 1. The zero-order valence-corrected chi connectivity index (χ0v) is 21.0. The number of hydrogen-bond acceptors (Lipinski definition) is 5. The molecule has 1 aromatic heterocycles. The predicted molar refractivity (Wildman–Crippen MR) is 155 cm³/mol. The zero-order valence-electron chi connectivity index (χ0n) is 20.2. The Morgan fingerprint density at radius 3 is 2.21 bits per heavy atom. The van der Waals surface area contributed by atoms with E-state index < -0.39 is 0 Å². The maximum Gasteiger partial charge on any atom is 0.311 e. The first-order valence-corrected chi connectivity index (χ1v) is 12.8. The van der Waals surface area contributed by atoms with Crippen LogP contribution < -0.4 is 5.32 Å². The van der Waals surface area contributed by atoms with Crippen LogP contribution in [0.25, 0.3) is 34.3 Å². The summed E-state index contributed by atoms with van der Waals surface area (Å²) in [5.41, 5.74) is 6.53. The molecule has 0 aliphatic carbocycles. The van der Waals surface area contributed by atoms with Gasteiger partial charge in [-0.1, -0.05) is 78.9 Å². The number of amides is 1. The average Bonchev–Trinajstić information content (AvgIpc) is 3.54. The standard InChI is InChI=1S/C31H22N4O2S/c36-26-13-7-12-24(19-26)32-30-29(38-31(37)33-30)18-21-14-16-25(17-15-21)35-28(23-10-5-2-6-11-23)20-27(34-35)22-8-3-1-4-9-22/h1-20,36H,(H,32,33,37)/b29-18-. The molecule has 0 spiro atoms. The van der Waals surface area contributed by atoms with Crippen LogP contribution in [0.15, 0.2) is 125 Å². The summed E-state index contributed by atoms with van der Waals surface area (Å²) in [6.07, 6.45) is 1.92. The third-order valence-electron chi connectivity index (χ3n) is 6.03. The summed E-state index contributed by atoms with van der Waals surface area (Å²) < 4.78 is 1.96. The van der Waals surface area contributed by atoms with Crippen molar-refractivity contribution in [3.63, 3.8) is 0 Å². The summed E-state index contributed by atoms with van der Waals surface area (Å²) >= 11 is 1.07. The molecule has 5 aromatic rings. The van der Waals surface area contributed by atoms with Gasteiger partial charge in [-0.3, -0.25) is 4.79 Å². The highest BCUT2D eigenvalue weighted by Crippen LogP contribution is 2.32. The Morgan fingerprint density at radius 2 is 1.50 bits per heavy atom. The second kappa shape index (κ2) is 10.2. The molecule has 1 aliphatic heterocycles. The van der Waals surface area contributed by atoms with Crippen molar-refractivity contribution < 1.29 is 9.90 Å². The summed E-state index contributed by atoms with van der Waals surface area (Å²) in [7, 11) is 0. The summed E-state index contributed by atoms with van der Waals surface area (Å²) in [4.78, 5) is 16.9. The van der Waals surface area contributed by atoms with E-state index in [2.05, 4.69) is 40.6 Å². The number of nitrogens with one attached hydrogen (secondary N) is 1. The summed E-state index contributed by atoms with van der Waals surface area (Å²) in [6.45, 7) is 0. The minimum atomic E-state index is -0.284. The van der Waals surface area contributed by atoms with E-state index in [1.54, 1.807) is 24.3 Å². The van der Waals surface area contributed by atoms with Crippen molar-refractivity contribution in [2.45, 2.75) is 0 Å². The van der Waals surface area contributed by atoms with Gasteiger partial charge in [-0.15, -0.1) is 0 Å². The molecule has 0 unspecified atom stereocenters. The number of rotatable bonds is 5. The molecule has 0 fully saturated rings. The van der Waals surface area contributed by atoms with Crippen LogP contribution in [0.4, 0.5) is 10.5 Å². The summed E-state index contributed by atoms with van der Waals surface area (Å²) in [6, 6.07) is 37.2. The van der Waals surface area contributed by atoms with Gasteiger partial charge in [0.15, 0.2) is 0 Å². The Balaban J connectivity index is 1.32. The van der Waals surface area contributed by atoms with Crippen molar-refractivity contribution in [2.75, 3.05) is 5.32 Å². The number of nitrogens with zero attached hydrogens (tertiary/aromatic N) is 3. The van der Waals surface area contributed by atoms with Crippen LogP contribution >= 0.6 is 11.8 Å². The molecule has 0 radical (unpaired) electrons. The first kappa shape index (κ1) is 23.5. The van der Waals surface area contributed by atoms with Crippen molar-refractivity contribution >= 4 is 34.6 Å². The minimum Gasteiger partial charge on any atom is -0.508 e. The normalized spacial score (nSPS) is 14.1. The van der Waals surface area contributed by atoms with Gasteiger partial charge in [0.25, 0.3) is 0 Å². The fourth-order valence-electron chi connectivity index (χ4n) is 4.22. The van der Waals surface area contributed by atoms with E-state index in [4.69, 9.17) is 5.10 Å². The van der Waals surface area contributed by atoms with Gasteiger partial charge in [-0.25, -0.2) is 4.68 Å². The van der Waals surface area contributed by atoms with E-state index in [0.29, 0.717) is 16.4 Å². The Hall–Kier alpha value is -4.88. The Morgan fingerprint density at radius 1 is 0.789 bits per heavy atom. The van der Waals surface area contributed by atoms with E-state index in [0.717, 1.165) is 45.5 Å². The lowest BCUT2D eigenvalue weighted by atomic mass is 10.1. The number of benzene rings is 4. The molecule has 1 amide bonds. The molecule has 2 N–H and O–H groups in total. The number of thioether (sulfide) groups is 1. The number of anilines is 1. The third-order valence-corrected chi connectivity index (χ3v) is 6.82. The highest BCUT2D eigenvalue weighted by Gasteiger charge is 2.22. The van der Waals surface area contributed by atoms with E-state index in [-0.39, 0.29) is 11.0 Å². The summed E-state index contributed by atoms with van der Waals surface area (Å²) in [5, 5.41) is 17.5. The van der Waals surface area contributed by atoms with Crippen LogP contribution in [0.3, 0.4) is 0 Å². The van der Waals surface area contributed by atoms with Gasteiger partial charge in [0, 0.05) is 22.9 Å². The number of carbonyl (C=O) groups is 1. The third kappa shape index (κ3) is 5.00. The molecule has 1 aliphatic rings. The van der Waals surface area contributed by atoms with Crippen molar-refractivity contribution in [3.8, 4) is 34.0 Å². The van der Waals surface area contributed by atoms with Gasteiger partial charge in [0.1, 0.15) is 11.6 Å². The Bertz CT molecular complexity index is 1670. The fourth-order valence-corrected chi connectivity index (χ4v) is 4.94. The lowest BCUT2D eigenvalue weighted by molar-refractivity contribution is 0.268. The fraction of sp³-hybridized carbons (Fsp3) is 0. The molecule has 0 bridgehead atoms. The zero-order chi connectivity index (χ0) is 25.9. The SMILES string of the molecule is O=C1N=C(Nc2cccc(O)c2)/C(=C/c2ccc(-n3nc(-c4ccccc4)cc3-c3ccccc3)cc2)S1. The minimum absolute atomic E-state index is 0.137. The quantitative estimate of drug-likeness (QED) is 0.252. The molecular formula is C31H22N4O2S. The van der Waals surface area contributed by atoms with Gasteiger partial charge < -0.3 is 10.4 Å². The molecule has 6 nitrogen and oxygen atoms in total. The molecule has 0 saturated carbocycles. The second-order valence-corrected chi connectivity index (χ2v) is 9.66. The number of phenolic OH excluding ortho intramolecular Hbond substituents is 1. The predicted octanol–water partition coefficient (Wildman–Crippen LogP) is 7.63.